The smallest absolute Gasteiger partial charge is 0.293 e. The molecule has 0 saturated heterocycles. The molecule has 0 aromatic carbocycles. The molecule has 0 aromatic heterocycles. The minimum atomic E-state index is -0.0932. The van der Waals surface area contributed by atoms with Crippen molar-refractivity contribution in [2.24, 2.45) is 0 Å². The summed E-state index contributed by atoms with van der Waals surface area (Å²) in [6.07, 6.45) is 0.612. The summed E-state index contributed by atoms with van der Waals surface area (Å²) >= 11 is 11.2. The fourth-order valence-electron chi connectivity index (χ4n) is 0.697. The number of halogens is 2. The first-order valence-corrected chi connectivity index (χ1v) is 5.04. The van der Waals surface area contributed by atoms with Gasteiger partial charge in [-0.05, 0) is 13.3 Å². The van der Waals surface area contributed by atoms with E-state index in [0.717, 1.165) is 0 Å². The highest BCUT2D eigenvalue weighted by Gasteiger charge is 2.05. The lowest BCUT2D eigenvalue weighted by molar-refractivity contribution is -0.132. The van der Waals surface area contributed by atoms with Gasteiger partial charge >= 0.3 is 0 Å². The van der Waals surface area contributed by atoms with Crippen LogP contribution in [-0.2, 0) is 14.3 Å². The minimum absolute atomic E-state index is 0.0548. The number of hydrogen-bond acceptors (Lipinski definition) is 3. The first-order chi connectivity index (χ1) is 6.20. The molecule has 0 aliphatic heterocycles. The molecule has 0 bridgehead atoms. The van der Waals surface area contributed by atoms with Crippen molar-refractivity contribution in [2.75, 3.05) is 19.1 Å². The highest BCUT2D eigenvalue weighted by molar-refractivity contribution is 6.28. The molecule has 0 aromatic rings. The van der Waals surface area contributed by atoms with Gasteiger partial charge in [-0.25, -0.2) is 0 Å². The van der Waals surface area contributed by atoms with E-state index >= 15 is 0 Å². The lowest BCUT2D eigenvalue weighted by Gasteiger charge is -2.12. The van der Waals surface area contributed by atoms with Crippen LogP contribution in [0.1, 0.15) is 13.3 Å². The van der Waals surface area contributed by atoms with Gasteiger partial charge in [0, 0.05) is 17.9 Å². The predicted molar refractivity (Wildman–Crippen MR) is 52.4 cm³/mol. The van der Waals surface area contributed by atoms with E-state index < -0.39 is 0 Å². The van der Waals surface area contributed by atoms with Crippen molar-refractivity contribution in [3.63, 3.8) is 0 Å². The zero-order valence-corrected chi connectivity index (χ0v) is 9.05. The average molecular weight is 229 g/mol. The number of carbonyl (C=O) groups excluding carboxylic acids is 1. The van der Waals surface area contributed by atoms with E-state index in [-0.39, 0.29) is 18.1 Å². The molecule has 0 N–H and O–H groups in total. The van der Waals surface area contributed by atoms with E-state index in [1.165, 1.54) is 0 Å². The molecule has 0 aliphatic carbocycles. The Labute approximate surface area is 88.3 Å². The molecule has 2 atom stereocenters. The molecule has 0 radical (unpaired) electrons. The molecule has 0 rings (SSSR count). The largest absolute Gasteiger partial charge is 0.465 e. The van der Waals surface area contributed by atoms with Gasteiger partial charge in [0.2, 0.25) is 0 Å². The van der Waals surface area contributed by atoms with Crippen LogP contribution in [0.3, 0.4) is 0 Å². The van der Waals surface area contributed by atoms with Crippen molar-refractivity contribution in [1.29, 1.82) is 0 Å². The topological polar surface area (TPSA) is 35.5 Å². The van der Waals surface area contributed by atoms with Crippen LogP contribution in [0.4, 0.5) is 0 Å². The molecule has 0 amide bonds. The summed E-state index contributed by atoms with van der Waals surface area (Å²) in [6.45, 7) is 3.04. The number of hydrogen-bond donors (Lipinski definition) is 0. The van der Waals surface area contributed by atoms with Crippen molar-refractivity contribution >= 4 is 29.7 Å². The molecular formula is C8H14Cl2O3. The Morgan fingerprint density at radius 3 is 2.77 bits per heavy atom. The van der Waals surface area contributed by atoms with Crippen LogP contribution in [0, 0.1) is 0 Å². The second-order valence-corrected chi connectivity index (χ2v) is 3.58. The van der Waals surface area contributed by atoms with Crippen LogP contribution in [0.2, 0.25) is 0 Å². The molecular weight excluding hydrogens is 215 g/mol. The van der Waals surface area contributed by atoms with E-state index in [1.54, 1.807) is 0 Å². The Balaban J connectivity index is 3.25. The van der Waals surface area contributed by atoms with Gasteiger partial charge in [-0.3, -0.25) is 4.79 Å². The summed E-state index contributed by atoms with van der Waals surface area (Å²) in [6, 6.07) is 0. The number of rotatable bonds is 8. The van der Waals surface area contributed by atoms with Crippen molar-refractivity contribution in [3.05, 3.63) is 0 Å². The minimum Gasteiger partial charge on any atom is -0.465 e. The molecule has 5 heteroatoms. The van der Waals surface area contributed by atoms with Gasteiger partial charge in [0.1, 0.15) is 6.61 Å². The molecule has 3 nitrogen and oxygen atoms in total. The average Bonchev–Trinajstić information content (AvgIpc) is 2.14. The normalized spacial score (nSPS) is 15.0. The van der Waals surface area contributed by atoms with Crippen molar-refractivity contribution < 1.29 is 14.3 Å². The summed E-state index contributed by atoms with van der Waals surface area (Å²) < 4.78 is 9.80. The maximum atomic E-state index is 9.82. The van der Waals surface area contributed by atoms with Crippen LogP contribution < -0.4 is 0 Å². The molecule has 0 fully saturated rings. The molecule has 0 heterocycles. The van der Waals surface area contributed by atoms with E-state index in [0.29, 0.717) is 25.4 Å². The molecule has 78 valence electrons. The number of carbonyl (C=O) groups is 1. The Morgan fingerprint density at radius 2 is 2.23 bits per heavy atom. The quantitative estimate of drug-likeness (QED) is 0.470. The molecule has 0 spiro atoms. The van der Waals surface area contributed by atoms with Gasteiger partial charge in [-0.2, -0.15) is 0 Å². The summed E-state index contributed by atoms with van der Waals surface area (Å²) in [5.41, 5.74) is 0. The van der Waals surface area contributed by atoms with E-state index in [9.17, 15) is 4.79 Å². The Morgan fingerprint density at radius 1 is 1.54 bits per heavy atom. The van der Waals surface area contributed by atoms with Crippen molar-refractivity contribution in [3.8, 4) is 0 Å². The zero-order valence-electron chi connectivity index (χ0n) is 7.54. The first-order valence-electron chi connectivity index (χ1n) is 4.07. The fourth-order valence-corrected chi connectivity index (χ4v) is 0.941. The first kappa shape index (κ1) is 13.0. The molecule has 2 unspecified atom stereocenters. The standard InChI is InChI=1S/C8H14Cl2O3/c1-7(5-12-6-11)13-3-2-8(10)4-9/h6-8H,2-5H2,1H3. The van der Waals surface area contributed by atoms with Crippen LogP contribution >= 0.6 is 23.2 Å². The van der Waals surface area contributed by atoms with Gasteiger partial charge in [-0.1, -0.05) is 0 Å². The number of alkyl halides is 2. The lowest BCUT2D eigenvalue weighted by atomic mass is 10.3. The lowest BCUT2D eigenvalue weighted by Crippen LogP contribution is -2.18. The summed E-state index contributed by atoms with van der Waals surface area (Å²) in [5.74, 6) is 0.421. The van der Waals surface area contributed by atoms with Crippen LogP contribution in [-0.4, -0.2) is 37.0 Å². The van der Waals surface area contributed by atoms with E-state index in [4.69, 9.17) is 27.9 Å². The van der Waals surface area contributed by atoms with Gasteiger partial charge in [0.05, 0.1) is 6.10 Å². The van der Waals surface area contributed by atoms with Gasteiger partial charge < -0.3 is 9.47 Å². The van der Waals surface area contributed by atoms with Crippen LogP contribution in [0.15, 0.2) is 0 Å². The van der Waals surface area contributed by atoms with E-state index in [1.807, 2.05) is 6.92 Å². The molecule has 0 aliphatic rings. The van der Waals surface area contributed by atoms with Crippen molar-refractivity contribution in [2.45, 2.75) is 24.8 Å². The fraction of sp³-hybridized carbons (Fsp3) is 0.875. The Kier molecular flexibility index (Phi) is 8.61. The number of ether oxygens (including phenoxy) is 2. The summed E-state index contributed by atoms with van der Waals surface area (Å²) in [5, 5.41) is -0.0548. The van der Waals surface area contributed by atoms with Gasteiger partial charge in [0.15, 0.2) is 0 Å². The summed E-state index contributed by atoms with van der Waals surface area (Å²) in [4.78, 5) is 9.82. The monoisotopic (exact) mass is 228 g/mol. The third kappa shape index (κ3) is 8.34. The maximum absolute atomic E-state index is 9.82. The highest BCUT2D eigenvalue weighted by atomic mass is 35.5. The van der Waals surface area contributed by atoms with Gasteiger partial charge in [-0.15, -0.1) is 23.2 Å². The highest BCUT2D eigenvalue weighted by Crippen LogP contribution is 2.05. The SMILES string of the molecule is CC(COC=O)OCCC(Cl)CCl. The third-order valence-corrected chi connectivity index (χ3v) is 2.30. The second-order valence-electron chi connectivity index (χ2n) is 2.65. The summed E-state index contributed by atoms with van der Waals surface area (Å²) in [7, 11) is 0. The van der Waals surface area contributed by atoms with Gasteiger partial charge in [0.25, 0.3) is 6.47 Å². The zero-order chi connectivity index (χ0) is 10.1. The maximum Gasteiger partial charge on any atom is 0.293 e. The van der Waals surface area contributed by atoms with Crippen LogP contribution in [0.25, 0.3) is 0 Å². The predicted octanol–water partition coefficient (Wildman–Crippen LogP) is 1.80. The molecule has 13 heavy (non-hydrogen) atoms. The van der Waals surface area contributed by atoms with Crippen LogP contribution in [0.5, 0.6) is 0 Å². The molecule has 0 saturated carbocycles. The second kappa shape index (κ2) is 8.60. The van der Waals surface area contributed by atoms with E-state index in [2.05, 4.69) is 4.74 Å². The Bertz CT molecular complexity index is 133. The Hall–Kier alpha value is 0.01000. The third-order valence-electron chi connectivity index (χ3n) is 1.40. The van der Waals surface area contributed by atoms with Crippen molar-refractivity contribution in [1.82, 2.24) is 0 Å².